The van der Waals surface area contributed by atoms with E-state index in [0.717, 1.165) is 57.1 Å². The zero-order chi connectivity index (χ0) is 21.9. The number of piperidine rings is 1. The van der Waals surface area contributed by atoms with Crippen LogP contribution in [0.3, 0.4) is 0 Å². The molecule has 7 nitrogen and oxygen atoms in total. The molecule has 0 bridgehead atoms. The summed E-state index contributed by atoms with van der Waals surface area (Å²) in [5.41, 5.74) is 1.70. The molecule has 1 unspecified atom stereocenters. The third kappa shape index (κ3) is 4.49. The van der Waals surface area contributed by atoms with Crippen molar-refractivity contribution in [2.45, 2.75) is 25.4 Å². The van der Waals surface area contributed by atoms with Crippen molar-refractivity contribution >= 4 is 11.7 Å². The number of carbonyl (C=O) groups excluding carboxylic acids is 2. The molecule has 0 spiro atoms. The molecule has 1 atom stereocenters. The van der Waals surface area contributed by atoms with Crippen molar-refractivity contribution in [2.75, 3.05) is 46.1 Å². The lowest BCUT2D eigenvalue weighted by molar-refractivity contribution is -0.128. The minimum Gasteiger partial charge on any atom is -0.454 e. The molecule has 0 saturated carbocycles. The number of benzene rings is 2. The van der Waals surface area contributed by atoms with Crippen molar-refractivity contribution in [3.05, 3.63) is 59.7 Å². The molecule has 32 heavy (non-hydrogen) atoms. The van der Waals surface area contributed by atoms with Crippen LogP contribution in [0.2, 0.25) is 0 Å². The summed E-state index contributed by atoms with van der Waals surface area (Å²) in [4.78, 5) is 32.1. The second-order valence-electron chi connectivity index (χ2n) is 8.74. The smallest absolute Gasteiger partial charge is 0.295 e. The Bertz CT molecular complexity index is 972. The first kappa shape index (κ1) is 21.0. The first-order chi connectivity index (χ1) is 15.7. The molecule has 3 heterocycles. The number of Topliss-reactive ketones (excluding diaryl/α,β-unsaturated/α-hetero) is 1. The molecule has 1 amide bonds. The van der Waals surface area contributed by atoms with E-state index in [2.05, 4.69) is 21.9 Å². The fourth-order valence-electron chi connectivity index (χ4n) is 4.88. The zero-order valence-corrected chi connectivity index (χ0v) is 18.2. The van der Waals surface area contributed by atoms with Crippen molar-refractivity contribution < 1.29 is 19.1 Å². The Morgan fingerprint density at radius 2 is 1.69 bits per heavy atom. The number of nitrogens with zero attached hydrogens (tertiary/aromatic N) is 3. The number of fused-ring (bicyclic) bond motifs is 1. The Kier molecular flexibility index (Phi) is 6.10. The van der Waals surface area contributed by atoms with Crippen molar-refractivity contribution in [1.29, 1.82) is 0 Å². The second-order valence-corrected chi connectivity index (χ2v) is 8.74. The molecule has 2 aromatic carbocycles. The van der Waals surface area contributed by atoms with E-state index in [9.17, 15) is 9.59 Å². The summed E-state index contributed by atoms with van der Waals surface area (Å²) in [5, 5.41) is 0. The van der Waals surface area contributed by atoms with Gasteiger partial charge in [0.05, 0.1) is 0 Å². The number of ether oxygens (including phenoxy) is 2. The first-order valence-corrected chi connectivity index (χ1v) is 11.4. The van der Waals surface area contributed by atoms with Crippen LogP contribution in [-0.2, 0) is 11.3 Å². The van der Waals surface area contributed by atoms with E-state index in [4.69, 9.17) is 9.47 Å². The van der Waals surface area contributed by atoms with Gasteiger partial charge in [-0.3, -0.25) is 19.4 Å². The average Bonchev–Trinajstić information content (AvgIpc) is 3.32. The molecule has 0 radical (unpaired) electrons. The number of ketones is 1. The van der Waals surface area contributed by atoms with E-state index in [0.29, 0.717) is 31.5 Å². The molecule has 3 aliphatic heterocycles. The van der Waals surface area contributed by atoms with Crippen molar-refractivity contribution in [2.24, 2.45) is 0 Å². The summed E-state index contributed by atoms with van der Waals surface area (Å²) in [5.74, 6) is 0.876. The normalized spacial score (nSPS) is 21.5. The third-order valence-corrected chi connectivity index (χ3v) is 6.68. The Labute approximate surface area is 188 Å². The van der Waals surface area contributed by atoms with Gasteiger partial charge in [-0.2, -0.15) is 0 Å². The summed E-state index contributed by atoms with van der Waals surface area (Å²) in [6.45, 7) is 6.43. The van der Waals surface area contributed by atoms with Crippen molar-refractivity contribution in [1.82, 2.24) is 14.7 Å². The summed E-state index contributed by atoms with van der Waals surface area (Å²) >= 11 is 0. The first-order valence-electron chi connectivity index (χ1n) is 11.4. The van der Waals surface area contributed by atoms with Gasteiger partial charge < -0.3 is 14.4 Å². The zero-order valence-electron chi connectivity index (χ0n) is 18.2. The molecule has 2 saturated heterocycles. The van der Waals surface area contributed by atoms with Gasteiger partial charge in [0.25, 0.3) is 5.91 Å². The summed E-state index contributed by atoms with van der Waals surface area (Å²) in [7, 11) is 0. The summed E-state index contributed by atoms with van der Waals surface area (Å²) in [6.07, 6.45) is 2.02. The van der Waals surface area contributed by atoms with Crippen LogP contribution in [0.5, 0.6) is 11.5 Å². The highest BCUT2D eigenvalue weighted by atomic mass is 16.7. The van der Waals surface area contributed by atoms with Gasteiger partial charge >= 0.3 is 0 Å². The van der Waals surface area contributed by atoms with Crippen molar-refractivity contribution in [3.63, 3.8) is 0 Å². The predicted octanol–water partition coefficient (Wildman–Crippen LogP) is 2.41. The highest BCUT2D eigenvalue weighted by Crippen LogP contribution is 2.33. The number of carbonyl (C=O) groups is 2. The van der Waals surface area contributed by atoms with Crippen LogP contribution in [-0.4, -0.2) is 78.5 Å². The monoisotopic (exact) mass is 435 g/mol. The molecule has 0 aromatic heterocycles. The quantitative estimate of drug-likeness (QED) is 0.531. The van der Waals surface area contributed by atoms with Gasteiger partial charge in [-0.1, -0.05) is 36.4 Å². The Morgan fingerprint density at radius 1 is 0.906 bits per heavy atom. The largest absolute Gasteiger partial charge is 0.454 e. The van der Waals surface area contributed by atoms with Crippen LogP contribution in [0.1, 0.15) is 28.8 Å². The minimum atomic E-state index is -0.403. The number of hydrogen-bond acceptors (Lipinski definition) is 6. The van der Waals surface area contributed by atoms with Gasteiger partial charge in [0, 0.05) is 57.4 Å². The van der Waals surface area contributed by atoms with E-state index >= 15 is 0 Å². The highest BCUT2D eigenvalue weighted by molar-refractivity contribution is 6.42. The van der Waals surface area contributed by atoms with Crippen LogP contribution in [0.4, 0.5) is 0 Å². The lowest BCUT2D eigenvalue weighted by atomic mass is 10.0. The maximum Gasteiger partial charge on any atom is 0.295 e. The van der Waals surface area contributed by atoms with Gasteiger partial charge in [-0.05, 0) is 30.5 Å². The molecule has 0 aliphatic carbocycles. The topological polar surface area (TPSA) is 62.3 Å². The Hall–Kier alpha value is -2.90. The molecular formula is C25H29N3O4. The van der Waals surface area contributed by atoms with Crippen LogP contribution in [0.25, 0.3) is 0 Å². The second kappa shape index (κ2) is 9.30. The fourth-order valence-corrected chi connectivity index (χ4v) is 4.88. The summed E-state index contributed by atoms with van der Waals surface area (Å²) in [6, 6.07) is 15.3. The van der Waals surface area contributed by atoms with Gasteiger partial charge in [0.2, 0.25) is 12.6 Å². The standard InChI is InChI=1S/C25H29N3O4/c29-24(20-5-2-1-3-6-20)25(30)28-10-4-7-21(17-28)27-13-11-26(12-14-27)16-19-8-9-22-23(15-19)32-18-31-22/h1-3,5-6,8-9,15,21H,4,7,10-14,16-18H2. The van der Waals surface area contributed by atoms with E-state index in [-0.39, 0.29) is 5.91 Å². The molecule has 2 fully saturated rings. The number of rotatable bonds is 5. The molecule has 0 N–H and O–H groups in total. The molecule has 7 heteroatoms. The van der Waals surface area contributed by atoms with Crippen LogP contribution in [0, 0.1) is 0 Å². The van der Waals surface area contributed by atoms with E-state index in [1.165, 1.54) is 5.56 Å². The van der Waals surface area contributed by atoms with Gasteiger partial charge in [0.1, 0.15) is 0 Å². The van der Waals surface area contributed by atoms with E-state index in [1.807, 2.05) is 12.1 Å². The number of piperazine rings is 1. The molecular weight excluding hydrogens is 406 g/mol. The molecule has 168 valence electrons. The highest BCUT2D eigenvalue weighted by Gasteiger charge is 2.32. The van der Waals surface area contributed by atoms with Crippen LogP contribution >= 0.6 is 0 Å². The maximum absolute atomic E-state index is 12.8. The number of amides is 1. The third-order valence-electron chi connectivity index (χ3n) is 6.68. The molecule has 2 aromatic rings. The van der Waals surface area contributed by atoms with E-state index < -0.39 is 5.78 Å². The maximum atomic E-state index is 12.8. The van der Waals surface area contributed by atoms with Crippen LogP contribution in [0.15, 0.2) is 48.5 Å². The number of hydrogen-bond donors (Lipinski definition) is 0. The lowest BCUT2D eigenvalue weighted by Crippen LogP contribution is -2.56. The minimum absolute atomic E-state index is 0.301. The Balaban J connectivity index is 1.13. The fraction of sp³-hybridized carbons (Fsp3) is 0.440. The average molecular weight is 436 g/mol. The lowest BCUT2D eigenvalue weighted by Gasteiger charge is -2.43. The predicted molar refractivity (Wildman–Crippen MR) is 120 cm³/mol. The van der Waals surface area contributed by atoms with Crippen LogP contribution < -0.4 is 9.47 Å². The van der Waals surface area contributed by atoms with Gasteiger partial charge in [0.15, 0.2) is 11.5 Å². The van der Waals surface area contributed by atoms with Gasteiger partial charge in [-0.25, -0.2) is 0 Å². The molecule has 5 rings (SSSR count). The van der Waals surface area contributed by atoms with Crippen molar-refractivity contribution in [3.8, 4) is 11.5 Å². The molecule has 3 aliphatic rings. The van der Waals surface area contributed by atoms with Gasteiger partial charge in [-0.15, -0.1) is 0 Å². The SMILES string of the molecule is O=C(C(=O)N1CCCC(N2CCN(Cc3ccc4c(c3)OCO4)CC2)C1)c1ccccc1. The number of likely N-dealkylation sites (tertiary alicyclic amines) is 1. The Morgan fingerprint density at radius 3 is 2.50 bits per heavy atom. The summed E-state index contributed by atoms with van der Waals surface area (Å²) < 4.78 is 10.9. The van der Waals surface area contributed by atoms with E-state index in [1.54, 1.807) is 29.2 Å².